The molecule has 10 fully saturated rings. The van der Waals surface area contributed by atoms with Crippen LogP contribution in [0.3, 0.4) is 0 Å². The Labute approximate surface area is 314 Å². The van der Waals surface area contributed by atoms with Gasteiger partial charge in [-0.25, -0.2) is 0 Å². The van der Waals surface area contributed by atoms with Gasteiger partial charge in [0.15, 0.2) is 0 Å². The van der Waals surface area contributed by atoms with Crippen molar-refractivity contribution in [1.82, 2.24) is 4.90 Å². The Morgan fingerprint density at radius 1 is 0.294 bits per heavy atom. The molecule has 0 amide bonds. The lowest BCUT2D eigenvalue weighted by atomic mass is 9.62. The van der Waals surface area contributed by atoms with Gasteiger partial charge in [-0.05, 0) is 156 Å². The van der Waals surface area contributed by atoms with Crippen LogP contribution in [-0.2, 0) is 9.47 Å². The van der Waals surface area contributed by atoms with E-state index in [9.17, 15) is 0 Å². The Bertz CT molecular complexity index is 1110. The maximum absolute atomic E-state index is 7.50. The van der Waals surface area contributed by atoms with Gasteiger partial charge in [0.2, 0.25) is 0 Å². The molecule has 8 saturated carbocycles. The van der Waals surface area contributed by atoms with Crippen molar-refractivity contribution in [2.45, 2.75) is 242 Å². The SMILES string of the molecule is C1CCC(C2CCC(N(C3CCC(C4CCCC5C6CCC7OC8CCCCC8C7C6OC45)CC3)C3CCCC(C4CCCCC4)C3)CC2)CC1. The van der Waals surface area contributed by atoms with Crippen molar-refractivity contribution >= 4 is 0 Å². The van der Waals surface area contributed by atoms with E-state index in [1.54, 1.807) is 51.4 Å². The molecular formula is C48H79NO2. The molecule has 2 saturated heterocycles. The van der Waals surface area contributed by atoms with Gasteiger partial charge in [0.25, 0.3) is 0 Å². The van der Waals surface area contributed by atoms with Crippen molar-refractivity contribution in [3.8, 4) is 0 Å². The van der Waals surface area contributed by atoms with Crippen LogP contribution in [0.5, 0.6) is 0 Å². The molecule has 11 atom stereocenters. The van der Waals surface area contributed by atoms with Crippen LogP contribution < -0.4 is 0 Å². The van der Waals surface area contributed by atoms with E-state index < -0.39 is 0 Å². The standard InChI is InChI=1S/C48H79NO2/c1-3-11-32(12-4-1)34-21-25-37(26-22-34)49(39-16-9-15-36(31-39)33-13-5-2-6-14-33)38-27-23-35(24-28-38)40-18-10-19-41-42-29-30-45-46(48(42)51-47(40)41)43-17-7-8-20-44(43)50-45/h32-48H,1-31H2. The van der Waals surface area contributed by atoms with E-state index >= 15 is 0 Å². The molecule has 10 aliphatic rings. The fourth-order valence-electron chi connectivity index (χ4n) is 16.8. The highest BCUT2D eigenvalue weighted by atomic mass is 16.5. The molecular weight excluding hydrogens is 623 g/mol. The van der Waals surface area contributed by atoms with Gasteiger partial charge in [0.1, 0.15) is 0 Å². The summed E-state index contributed by atoms with van der Waals surface area (Å²) in [6, 6.07) is 2.67. The Hall–Kier alpha value is -0.120. The minimum absolute atomic E-state index is 0.523. The molecule has 0 spiro atoms. The Morgan fingerprint density at radius 3 is 1.59 bits per heavy atom. The predicted octanol–water partition coefficient (Wildman–Crippen LogP) is 12.3. The van der Waals surface area contributed by atoms with Crippen molar-refractivity contribution < 1.29 is 9.47 Å². The lowest BCUT2D eigenvalue weighted by molar-refractivity contribution is -0.0880. The molecule has 3 heteroatoms. The number of nitrogens with zero attached hydrogens (tertiary/aromatic N) is 1. The molecule has 51 heavy (non-hydrogen) atoms. The Morgan fingerprint density at radius 2 is 0.843 bits per heavy atom. The zero-order valence-electron chi connectivity index (χ0n) is 33.0. The van der Waals surface area contributed by atoms with E-state index in [4.69, 9.17) is 9.47 Å². The van der Waals surface area contributed by atoms with Crippen LogP contribution in [0.25, 0.3) is 0 Å². The van der Waals surface area contributed by atoms with Crippen molar-refractivity contribution in [3.63, 3.8) is 0 Å². The minimum Gasteiger partial charge on any atom is -0.374 e. The predicted molar refractivity (Wildman–Crippen MR) is 209 cm³/mol. The summed E-state index contributed by atoms with van der Waals surface area (Å²) < 4.78 is 14.3. The van der Waals surface area contributed by atoms with Crippen molar-refractivity contribution in [3.05, 3.63) is 0 Å². The molecule has 0 aromatic rings. The summed E-state index contributed by atoms with van der Waals surface area (Å²) >= 11 is 0. The van der Waals surface area contributed by atoms with Crippen LogP contribution >= 0.6 is 0 Å². The fourth-order valence-corrected chi connectivity index (χ4v) is 16.8. The number of fused-ring (bicyclic) bond motifs is 7. The third-order valence-electron chi connectivity index (χ3n) is 19.1. The minimum atomic E-state index is 0.523. The highest BCUT2D eigenvalue weighted by Crippen LogP contribution is 2.59. The topological polar surface area (TPSA) is 21.7 Å². The average molecular weight is 702 g/mol. The number of hydrogen-bond acceptors (Lipinski definition) is 3. The monoisotopic (exact) mass is 702 g/mol. The molecule has 2 aliphatic heterocycles. The molecule has 10 rings (SSSR count). The fraction of sp³-hybridized carbons (Fsp3) is 1.00. The maximum Gasteiger partial charge on any atom is 0.0667 e. The van der Waals surface area contributed by atoms with Gasteiger partial charge in [-0.15, -0.1) is 0 Å². The highest BCUT2D eigenvalue weighted by Gasteiger charge is 2.60. The van der Waals surface area contributed by atoms with E-state index in [1.165, 1.54) is 148 Å². The van der Waals surface area contributed by atoms with Crippen LogP contribution in [0.15, 0.2) is 0 Å². The highest BCUT2D eigenvalue weighted by molar-refractivity contribution is 5.08. The van der Waals surface area contributed by atoms with Gasteiger partial charge in [-0.1, -0.05) is 96.3 Å². The first-order chi connectivity index (χ1) is 25.3. The normalized spacial score (nSPS) is 49.9. The second-order valence-electron chi connectivity index (χ2n) is 21.3. The summed E-state index contributed by atoms with van der Waals surface area (Å²) in [5, 5.41) is 0. The Kier molecular flexibility index (Phi) is 10.9. The van der Waals surface area contributed by atoms with E-state index in [1.807, 2.05) is 0 Å². The van der Waals surface area contributed by atoms with E-state index in [2.05, 4.69) is 4.90 Å². The summed E-state index contributed by atoms with van der Waals surface area (Å²) in [5.74, 6) is 9.27. The van der Waals surface area contributed by atoms with Crippen LogP contribution in [0.1, 0.15) is 199 Å². The van der Waals surface area contributed by atoms with Crippen molar-refractivity contribution in [1.29, 1.82) is 0 Å². The van der Waals surface area contributed by atoms with Crippen LogP contribution in [-0.4, -0.2) is 47.4 Å². The zero-order valence-corrected chi connectivity index (χ0v) is 33.0. The van der Waals surface area contributed by atoms with Gasteiger partial charge >= 0.3 is 0 Å². The second-order valence-corrected chi connectivity index (χ2v) is 21.3. The summed E-state index contributed by atoms with van der Waals surface area (Å²) in [6.45, 7) is 0. The summed E-state index contributed by atoms with van der Waals surface area (Å²) in [7, 11) is 0. The largest absolute Gasteiger partial charge is 0.374 e. The molecule has 0 aromatic carbocycles. The number of ether oxygens (including phenoxy) is 2. The van der Waals surface area contributed by atoms with Crippen molar-refractivity contribution in [2.75, 3.05) is 0 Å². The Balaban J connectivity index is 0.817. The lowest BCUT2D eigenvalue weighted by Gasteiger charge is -2.52. The van der Waals surface area contributed by atoms with Crippen LogP contribution in [0.4, 0.5) is 0 Å². The van der Waals surface area contributed by atoms with Gasteiger partial charge < -0.3 is 9.47 Å². The molecule has 0 aromatic heterocycles. The third-order valence-corrected chi connectivity index (χ3v) is 19.1. The third kappa shape index (κ3) is 6.99. The summed E-state index contributed by atoms with van der Waals surface area (Å²) in [6.07, 6.45) is 48.6. The quantitative estimate of drug-likeness (QED) is 0.275. The maximum atomic E-state index is 7.50. The molecule has 288 valence electrons. The summed E-state index contributed by atoms with van der Waals surface area (Å²) in [5.41, 5.74) is 0. The van der Waals surface area contributed by atoms with Gasteiger partial charge in [-0.2, -0.15) is 0 Å². The first-order valence-corrected chi connectivity index (χ1v) is 24.4. The lowest BCUT2D eigenvalue weighted by Crippen LogP contribution is -2.54. The number of rotatable bonds is 6. The smallest absolute Gasteiger partial charge is 0.0667 e. The summed E-state index contributed by atoms with van der Waals surface area (Å²) in [4.78, 5) is 3.34. The van der Waals surface area contributed by atoms with E-state index in [0.717, 1.165) is 77.3 Å². The van der Waals surface area contributed by atoms with Gasteiger partial charge in [-0.3, -0.25) is 4.90 Å². The van der Waals surface area contributed by atoms with Crippen LogP contribution in [0.2, 0.25) is 0 Å². The van der Waals surface area contributed by atoms with Gasteiger partial charge in [0, 0.05) is 24.0 Å². The first-order valence-electron chi connectivity index (χ1n) is 24.4. The molecule has 0 radical (unpaired) electrons. The van der Waals surface area contributed by atoms with Crippen LogP contribution in [0, 0.1) is 59.2 Å². The zero-order chi connectivity index (χ0) is 33.7. The molecule has 0 bridgehead atoms. The van der Waals surface area contributed by atoms with Crippen molar-refractivity contribution in [2.24, 2.45) is 59.2 Å². The molecule has 3 nitrogen and oxygen atoms in total. The molecule has 11 unspecified atom stereocenters. The molecule has 2 heterocycles. The van der Waals surface area contributed by atoms with Gasteiger partial charge in [0.05, 0.1) is 24.4 Å². The van der Waals surface area contributed by atoms with E-state index in [0.29, 0.717) is 24.4 Å². The second kappa shape index (κ2) is 15.8. The average Bonchev–Trinajstić information content (AvgIpc) is 3.78. The molecule has 0 N–H and O–H groups in total. The number of hydrogen-bond donors (Lipinski definition) is 0. The van der Waals surface area contributed by atoms with E-state index in [-0.39, 0.29) is 0 Å². The first kappa shape index (κ1) is 35.3. The molecule has 8 aliphatic carbocycles.